The molecule has 1 N–H and O–H groups in total. The highest BCUT2D eigenvalue weighted by Gasteiger charge is 2.18. The Bertz CT molecular complexity index is 559. The molecular formula is C20H34N4O4. The van der Waals surface area contributed by atoms with E-state index in [4.69, 9.17) is 9.26 Å². The van der Waals surface area contributed by atoms with Crippen LogP contribution >= 0.6 is 0 Å². The highest BCUT2D eigenvalue weighted by atomic mass is 16.5. The van der Waals surface area contributed by atoms with Crippen LogP contribution in [0.15, 0.2) is 16.9 Å². The molecule has 1 aromatic heterocycles. The van der Waals surface area contributed by atoms with Crippen LogP contribution in [0, 0.1) is 0 Å². The molecule has 0 aliphatic carbocycles. The van der Waals surface area contributed by atoms with E-state index < -0.39 is 0 Å². The summed E-state index contributed by atoms with van der Waals surface area (Å²) in [6.45, 7) is 7.10. The normalized spacial score (nSPS) is 14.8. The molecule has 1 saturated heterocycles. The largest absolute Gasteiger partial charge is 0.379 e. The van der Waals surface area contributed by atoms with Gasteiger partial charge in [-0.1, -0.05) is 37.8 Å². The highest BCUT2D eigenvalue weighted by Crippen LogP contribution is 2.09. The molecule has 2 rings (SSSR count). The minimum Gasteiger partial charge on any atom is -0.379 e. The number of amides is 2. The molecule has 8 nitrogen and oxygen atoms in total. The van der Waals surface area contributed by atoms with Crippen molar-refractivity contribution in [2.24, 2.45) is 0 Å². The molecule has 0 spiro atoms. The van der Waals surface area contributed by atoms with Crippen molar-refractivity contribution in [3.05, 3.63) is 12.3 Å². The zero-order valence-electron chi connectivity index (χ0n) is 17.0. The fourth-order valence-corrected chi connectivity index (χ4v) is 3.27. The van der Waals surface area contributed by atoms with Crippen molar-refractivity contribution in [2.75, 3.05) is 51.3 Å². The first-order valence-corrected chi connectivity index (χ1v) is 10.5. The Morgan fingerprint density at radius 3 is 2.68 bits per heavy atom. The van der Waals surface area contributed by atoms with Crippen molar-refractivity contribution in [2.45, 2.75) is 51.9 Å². The lowest BCUT2D eigenvalue weighted by atomic mass is 10.1. The van der Waals surface area contributed by atoms with Gasteiger partial charge in [0.05, 0.1) is 19.8 Å². The van der Waals surface area contributed by atoms with Gasteiger partial charge in [-0.15, -0.1) is 0 Å². The summed E-state index contributed by atoms with van der Waals surface area (Å²) in [6.07, 6.45) is 8.24. The fourth-order valence-electron chi connectivity index (χ4n) is 3.27. The Kier molecular flexibility index (Phi) is 10.6. The Morgan fingerprint density at radius 2 is 1.96 bits per heavy atom. The quantitative estimate of drug-likeness (QED) is 0.517. The van der Waals surface area contributed by atoms with E-state index in [9.17, 15) is 9.59 Å². The number of nitrogens with one attached hydrogen (secondary N) is 1. The predicted molar refractivity (Wildman–Crippen MR) is 107 cm³/mol. The van der Waals surface area contributed by atoms with Gasteiger partial charge in [-0.3, -0.25) is 14.5 Å². The first-order chi connectivity index (χ1) is 13.7. The lowest BCUT2D eigenvalue weighted by molar-refractivity contribution is -0.135. The van der Waals surface area contributed by atoms with Gasteiger partial charge in [-0.2, -0.15) is 0 Å². The van der Waals surface area contributed by atoms with Crippen LogP contribution in [0.2, 0.25) is 0 Å². The van der Waals surface area contributed by atoms with Gasteiger partial charge in [-0.05, 0) is 12.8 Å². The van der Waals surface area contributed by atoms with Gasteiger partial charge < -0.3 is 19.5 Å². The smallest absolute Gasteiger partial charge is 0.245 e. The van der Waals surface area contributed by atoms with E-state index in [1.54, 1.807) is 11.0 Å². The number of anilines is 1. The zero-order chi connectivity index (χ0) is 20.0. The van der Waals surface area contributed by atoms with Crippen LogP contribution in [0.5, 0.6) is 0 Å². The topological polar surface area (TPSA) is 87.9 Å². The summed E-state index contributed by atoms with van der Waals surface area (Å²) in [5, 5.41) is 6.35. The number of unbranched alkanes of at least 4 members (excludes halogenated alkanes) is 4. The van der Waals surface area contributed by atoms with Crippen molar-refractivity contribution in [3.8, 4) is 0 Å². The van der Waals surface area contributed by atoms with Crippen LogP contribution in [0.25, 0.3) is 0 Å². The van der Waals surface area contributed by atoms with Gasteiger partial charge in [0, 0.05) is 38.7 Å². The molecule has 2 amide bonds. The number of hydrogen-bond acceptors (Lipinski definition) is 6. The van der Waals surface area contributed by atoms with E-state index in [0.29, 0.717) is 18.8 Å². The molecule has 0 saturated carbocycles. The van der Waals surface area contributed by atoms with E-state index in [1.165, 1.54) is 19.1 Å². The van der Waals surface area contributed by atoms with Crippen molar-refractivity contribution in [1.82, 2.24) is 15.0 Å². The molecule has 0 atom stereocenters. The average molecular weight is 395 g/mol. The molecule has 8 heteroatoms. The molecule has 158 valence electrons. The van der Waals surface area contributed by atoms with Crippen LogP contribution in [0.4, 0.5) is 5.82 Å². The summed E-state index contributed by atoms with van der Waals surface area (Å²) in [5.41, 5.74) is 0. The summed E-state index contributed by atoms with van der Waals surface area (Å²) < 4.78 is 10.1. The van der Waals surface area contributed by atoms with E-state index in [1.807, 2.05) is 0 Å². The van der Waals surface area contributed by atoms with Gasteiger partial charge in [0.25, 0.3) is 0 Å². The molecule has 1 aromatic rings. The molecule has 0 bridgehead atoms. The number of carbonyl (C=O) groups excluding carboxylic acids is 2. The second-order valence-corrected chi connectivity index (χ2v) is 7.22. The van der Waals surface area contributed by atoms with E-state index in [0.717, 1.165) is 58.5 Å². The lowest BCUT2D eigenvalue weighted by Crippen LogP contribution is -2.41. The molecule has 0 aromatic carbocycles. The molecule has 0 unspecified atom stereocenters. The van der Waals surface area contributed by atoms with Gasteiger partial charge >= 0.3 is 0 Å². The van der Waals surface area contributed by atoms with Gasteiger partial charge in [0.15, 0.2) is 5.82 Å². The van der Waals surface area contributed by atoms with Gasteiger partial charge in [-0.25, -0.2) is 0 Å². The molecule has 0 radical (unpaired) electrons. The van der Waals surface area contributed by atoms with E-state index in [2.05, 4.69) is 22.3 Å². The van der Waals surface area contributed by atoms with Gasteiger partial charge in [0.2, 0.25) is 11.8 Å². The first-order valence-electron chi connectivity index (χ1n) is 10.5. The number of morpholine rings is 1. The molecule has 28 heavy (non-hydrogen) atoms. The van der Waals surface area contributed by atoms with Crippen LogP contribution in [0.3, 0.4) is 0 Å². The third kappa shape index (κ3) is 8.84. The molecular weight excluding hydrogens is 360 g/mol. The number of rotatable bonds is 13. The van der Waals surface area contributed by atoms with Crippen molar-refractivity contribution < 1.29 is 18.8 Å². The van der Waals surface area contributed by atoms with Crippen LogP contribution < -0.4 is 5.32 Å². The third-order valence-corrected chi connectivity index (χ3v) is 4.89. The summed E-state index contributed by atoms with van der Waals surface area (Å²) in [4.78, 5) is 29.0. The van der Waals surface area contributed by atoms with Crippen molar-refractivity contribution >= 4 is 17.6 Å². The second-order valence-electron chi connectivity index (χ2n) is 7.22. The van der Waals surface area contributed by atoms with Crippen LogP contribution in [-0.2, 0) is 14.3 Å². The summed E-state index contributed by atoms with van der Waals surface area (Å²) >= 11 is 0. The zero-order valence-corrected chi connectivity index (χ0v) is 17.0. The fraction of sp³-hybridized carbons (Fsp3) is 0.750. The Balaban J connectivity index is 1.78. The second kappa shape index (κ2) is 13.3. The van der Waals surface area contributed by atoms with Crippen LogP contribution in [0.1, 0.15) is 51.9 Å². The Labute approximate surface area is 167 Å². The van der Waals surface area contributed by atoms with Crippen molar-refractivity contribution in [3.63, 3.8) is 0 Å². The third-order valence-electron chi connectivity index (χ3n) is 4.89. The maximum absolute atomic E-state index is 12.7. The number of nitrogens with zero attached hydrogens (tertiary/aromatic N) is 3. The molecule has 2 heterocycles. The Morgan fingerprint density at radius 1 is 1.18 bits per heavy atom. The van der Waals surface area contributed by atoms with Crippen LogP contribution in [-0.4, -0.2) is 72.7 Å². The van der Waals surface area contributed by atoms with E-state index >= 15 is 0 Å². The summed E-state index contributed by atoms with van der Waals surface area (Å²) in [5.74, 6) is 0.165. The maximum atomic E-state index is 12.7. The van der Waals surface area contributed by atoms with E-state index in [-0.39, 0.29) is 18.4 Å². The predicted octanol–water partition coefficient (Wildman–Crippen LogP) is 2.52. The molecule has 1 aliphatic heterocycles. The number of aromatic nitrogens is 1. The summed E-state index contributed by atoms with van der Waals surface area (Å²) in [7, 11) is 0. The minimum absolute atomic E-state index is 0.0454. The standard InChI is InChI=1S/C20H34N4O4/c1-2-3-4-5-6-8-20(26)24(11-7-10-23-12-15-27-16-13-23)17-19(25)21-18-9-14-28-22-18/h9,14H,2-8,10-13,15-17H2,1H3,(H,21,22,25). The average Bonchev–Trinajstić information content (AvgIpc) is 3.20. The van der Waals surface area contributed by atoms with Gasteiger partial charge in [0.1, 0.15) is 6.26 Å². The maximum Gasteiger partial charge on any atom is 0.245 e. The number of ether oxygens (including phenoxy) is 1. The SMILES string of the molecule is CCCCCCCC(=O)N(CCCN1CCOCC1)CC(=O)Nc1ccon1. The minimum atomic E-state index is -0.250. The monoisotopic (exact) mass is 394 g/mol. The first kappa shape index (κ1) is 22.4. The molecule has 1 aliphatic rings. The number of hydrogen-bond donors (Lipinski definition) is 1. The molecule has 1 fully saturated rings. The van der Waals surface area contributed by atoms with Crippen molar-refractivity contribution in [1.29, 1.82) is 0 Å². The lowest BCUT2D eigenvalue weighted by Gasteiger charge is -2.28. The highest BCUT2D eigenvalue weighted by molar-refractivity contribution is 5.93. The Hall–Kier alpha value is -1.93. The number of carbonyl (C=O) groups is 2. The summed E-state index contributed by atoms with van der Waals surface area (Å²) in [6, 6.07) is 1.58.